The molecule has 0 saturated carbocycles. The lowest BCUT2D eigenvalue weighted by molar-refractivity contribution is 0.871. The van der Waals surface area contributed by atoms with Crippen molar-refractivity contribution < 1.29 is 0 Å². The van der Waals surface area contributed by atoms with Crippen LogP contribution in [0.25, 0.3) is 0 Å². The molecule has 2 aromatic rings. The Morgan fingerprint density at radius 3 is 2.29 bits per heavy atom. The first-order chi connectivity index (χ1) is 8.08. The van der Waals surface area contributed by atoms with E-state index in [0.29, 0.717) is 10.0 Å². The smallest absolute Gasteiger partial charge is 0.0595 e. The summed E-state index contributed by atoms with van der Waals surface area (Å²) in [4.78, 5) is 0. The maximum absolute atomic E-state index is 6.18. The zero-order valence-corrected chi connectivity index (χ0v) is 11.9. The molecule has 1 unspecified atom stereocenters. The summed E-state index contributed by atoms with van der Waals surface area (Å²) >= 11 is 15.3. The van der Waals surface area contributed by atoms with Crippen LogP contribution in [0.1, 0.15) is 17.2 Å². The van der Waals surface area contributed by atoms with Crippen molar-refractivity contribution >= 4 is 39.1 Å². The first kappa shape index (κ1) is 12.9. The molecule has 0 spiro atoms. The van der Waals surface area contributed by atoms with E-state index in [1.54, 1.807) is 12.1 Å². The summed E-state index contributed by atoms with van der Waals surface area (Å²) in [5, 5.41) is 1.06. The summed E-state index contributed by atoms with van der Waals surface area (Å²) in [7, 11) is 0. The highest BCUT2D eigenvalue weighted by molar-refractivity contribution is 9.10. The third kappa shape index (κ3) is 3.02. The molecular formula is C13H10BrCl2N. The fraction of sp³-hybridized carbons (Fsp3) is 0.0769. The molecule has 2 N–H and O–H groups in total. The van der Waals surface area contributed by atoms with Crippen molar-refractivity contribution in [2.75, 3.05) is 0 Å². The largest absolute Gasteiger partial charge is 0.320 e. The van der Waals surface area contributed by atoms with Gasteiger partial charge in [0, 0.05) is 4.47 Å². The molecular weight excluding hydrogens is 321 g/mol. The first-order valence-electron chi connectivity index (χ1n) is 5.04. The van der Waals surface area contributed by atoms with E-state index in [0.717, 1.165) is 15.6 Å². The second-order valence-electron chi connectivity index (χ2n) is 3.71. The van der Waals surface area contributed by atoms with Crippen molar-refractivity contribution in [2.45, 2.75) is 6.04 Å². The Bertz CT molecular complexity index is 543. The molecule has 1 atom stereocenters. The van der Waals surface area contributed by atoms with Crippen LogP contribution >= 0.6 is 39.1 Å². The van der Waals surface area contributed by atoms with Gasteiger partial charge in [-0.05, 0) is 35.4 Å². The zero-order valence-electron chi connectivity index (χ0n) is 8.83. The number of rotatable bonds is 2. The van der Waals surface area contributed by atoms with Crippen molar-refractivity contribution in [3.05, 3.63) is 68.1 Å². The van der Waals surface area contributed by atoms with E-state index < -0.39 is 0 Å². The minimum atomic E-state index is -0.206. The van der Waals surface area contributed by atoms with Crippen molar-refractivity contribution in [1.29, 1.82) is 0 Å². The van der Waals surface area contributed by atoms with Gasteiger partial charge in [-0.15, -0.1) is 0 Å². The predicted molar refractivity (Wildman–Crippen MR) is 76.6 cm³/mol. The molecule has 0 heterocycles. The van der Waals surface area contributed by atoms with Crippen LogP contribution in [-0.2, 0) is 0 Å². The molecule has 17 heavy (non-hydrogen) atoms. The van der Waals surface area contributed by atoms with E-state index in [9.17, 15) is 0 Å². The molecule has 88 valence electrons. The number of halogens is 3. The summed E-state index contributed by atoms with van der Waals surface area (Å²) in [5.41, 5.74) is 8.15. The van der Waals surface area contributed by atoms with Gasteiger partial charge in [0.15, 0.2) is 0 Å². The fourth-order valence-corrected chi connectivity index (χ4v) is 2.32. The minimum Gasteiger partial charge on any atom is -0.320 e. The highest BCUT2D eigenvalue weighted by Crippen LogP contribution is 2.28. The van der Waals surface area contributed by atoms with E-state index >= 15 is 0 Å². The van der Waals surface area contributed by atoms with E-state index in [2.05, 4.69) is 15.9 Å². The molecule has 0 aliphatic heterocycles. The van der Waals surface area contributed by atoms with Crippen LogP contribution in [-0.4, -0.2) is 0 Å². The molecule has 0 saturated heterocycles. The predicted octanol–water partition coefficient (Wildman–Crippen LogP) is 4.80. The van der Waals surface area contributed by atoms with E-state index in [1.807, 2.05) is 30.3 Å². The van der Waals surface area contributed by atoms with Crippen molar-refractivity contribution in [1.82, 2.24) is 0 Å². The van der Waals surface area contributed by atoms with Gasteiger partial charge in [0.25, 0.3) is 0 Å². The maximum Gasteiger partial charge on any atom is 0.0595 e. The summed E-state index contributed by atoms with van der Waals surface area (Å²) in [6, 6.07) is 13.1. The average Bonchev–Trinajstić information content (AvgIpc) is 2.32. The van der Waals surface area contributed by atoms with Crippen LogP contribution in [0, 0.1) is 0 Å². The Labute approximate surface area is 119 Å². The Morgan fingerprint density at radius 1 is 0.941 bits per heavy atom. The molecule has 0 amide bonds. The monoisotopic (exact) mass is 329 g/mol. The van der Waals surface area contributed by atoms with Gasteiger partial charge in [-0.25, -0.2) is 0 Å². The van der Waals surface area contributed by atoms with Gasteiger partial charge in [0.1, 0.15) is 0 Å². The van der Waals surface area contributed by atoms with E-state index in [-0.39, 0.29) is 6.04 Å². The summed E-state index contributed by atoms with van der Waals surface area (Å²) in [5.74, 6) is 0. The lowest BCUT2D eigenvalue weighted by Gasteiger charge is -2.13. The molecule has 0 aliphatic carbocycles. The Hall–Kier alpha value is -0.540. The van der Waals surface area contributed by atoms with Gasteiger partial charge in [-0.1, -0.05) is 57.3 Å². The first-order valence-corrected chi connectivity index (χ1v) is 6.59. The van der Waals surface area contributed by atoms with Gasteiger partial charge in [-0.3, -0.25) is 0 Å². The standard InChI is InChI=1S/C13H10BrCl2N/c14-10-3-1-2-8(6-10)13(17)9-4-5-11(15)12(16)7-9/h1-7,13H,17H2. The number of nitrogens with two attached hydrogens (primary N) is 1. The SMILES string of the molecule is NC(c1cccc(Br)c1)c1ccc(Cl)c(Cl)c1. The van der Waals surface area contributed by atoms with Crippen LogP contribution in [0.15, 0.2) is 46.9 Å². The number of hydrogen-bond acceptors (Lipinski definition) is 1. The van der Waals surface area contributed by atoms with Crippen molar-refractivity contribution in [3.63, 3.8) is 0 Å². The molecule has 0 bridgehead atoms. The highest BCUT2D eigenvalue weighted by Gasteiger charge is 2.10. The minimum absolute atomic E-state index is 0.206. The molecule has 0 radical (unpaired) electrons. The summed E-state index contributed by atoms with van der Waals surface area (Å²) < 4.78 is 1.01. The van der Waals surface area contributed by atoms with Crippen molar-refractivity contribution in [3.8, 4) is 0 Å². The molecule has 2 aromatic carbocycles. The lowest BCUT2D eigenvalue weighted by Crippen LogP contribution is -2.11. The molecule has 4 heteroatoms. The molecule has 0 aliphatic rings. The maximum atomic E-state index is 6.18. The van der Waals surface area contributed by atoms with Crippen molar-refractivity contribution in [2.24, 2.45) is 5.73 Å². The quantitative estimate of drug-likeness (QED) is 0.840. The summed E-state index contributed by atoms with van der Waals surface area (Å²) in [6.07, 6.45) is 0. The van der Waals surface area contributed by atoms with Crippen LogP contribution in [0.5, 0.6) is 0 Å². The van der Waals surface area contributed by atoms with Crippen LogP contribution < -0.4 is 5.73 Å². The lowest BCUT2D eigenvalue weighted by atomic mass is 10.00. The molecule has 2 rings (SSSR count). The normalized spacial score (nSPS) is 12.5. The molecule has 0 fully saturated rings. The van der Waals surface area contributed by atoms with Crippen LogP contribution in [0.3, 0.4) is 0 Å². The fourth-order valence-electron chi connectivity index (χ4n) is 1.60. The Kier molecular flexibility index (Phi) is 4.10. The summed E-state index contributed by atoms with van der Waals surface area (Å²) in [6.45, 7) is 0. The van der Waals surface area contributed by atoms with Gasteiger partial charge in [0.05, 0.1) is 16.1 Å². The van der Waals surface area contributed by atoms with E-state index in [1.165, 1.54) is 0 Å². The van der Waals surface area contributed by atoms with Gasteiger partial charge < -0.3 is 5.73 Å². The third-order valence-electron chi connectivity index (χ3n) is 2.51. The number of benzene rings is 2. The van der Waals surface area contributed by atoms with Gasteiger partial charge >= 0.3 is 0 Å². The zero-order chi connectivity index (χ0) is 12.4. The van der Waals surface area contributed by atoms with Gasteiger partial charge in [0.2, 0.25) is 0 Å². The molecule has 1 nitrogen and oxygen atoms in total. The Morgan fingerprint density at radius 2 is 1.65 bits per heavy atom. The second-order valence-corrected chi connectivity index (χ2v) is 5.44. The second kappa shape index (κ2) is 5.40. The van der Waals surface area contributed by atoms with E-state index in [4.69, 9.17) is 28.9 Å². The van der Waals surface area contributed by atoms with Crippen LogP contribution in [0.4, 0.5) is 0 Å². The molecule has 0 aromatic heterocycles. The highest BCUT2D eigenvalue weighted by atomic mass is 79.9. The van der Waals surface area contributed by atoms with Gasteiger partial charge in [-0.2, -0.15) is 0 Å². The Balaban J connectivity index is 2.36. The third-order valence-corrected chi connectivity index (χ3v) is 3.74. The average molecular weight is 331 g/mol. The topological polar surface area (TPSA) is 26.0 Å². The number of hydrogen-bond donors (Lipinski definition) is 1. The van der Waals surface area contributed by atoms with Crippen LogP contribution in [0.2, 0.25) is 10.0 Å².